The number of hydrogen-bond donors (Lipinski definition) is 6. The number of rotatable bonds is 26. The molecule has 45 heavy (non-hydrogen) atoms. The maximum Gasteiger partial charge on any atom is 0.312 e. The molecule has 0 radical (unpaired) electrons. The van der Waals surface area contributed by atoms with E-state index < -0.39 is 18.0 Å². The lowest BCUT2D eigenvalue weighted by Crippen LogP contribution is -2.47. The van der Waals surface area contributed by atoms with Gasteiger partial charge in [0.25, 0.3) is 0 Å². The van der Waals surface area contributed by atoms with Gasteiger partial charge in [-0.3, -0.25) is 14.4 Å². The van der Waals surface area contributed by atoms with E-state index in [0.717, 1.165) is 12.0 Å². The standard InChI is InChI=1S/C16H33N3O6.C14H21N3O3/c1-13(2)15(16(18)21)19-14(20)3-5-22-7-9-24-11-12-25-10-8-23-6-4-17;15-14(19)16-9-5-4-8-13(18)17-11-20-10-12-6-2-1-3-7-12/h13,15H,3-12,17H2,1-2H3,(H2,18,21)(H,19,20);1-3,6-7H,4-5,8-11H2,(H,17,18)(H3,15,16,19). The average molecular weight is 643 g/mol. The fraction of sp³-hybridized carbons (Fsp3) is 0.667. The summed E-state index contributed by atoms with van der Waals surface area (Å²) in [7, 11) is 0. The first-order chi connectivity index (χ1) is 21.7. The molecular weight excluding hydrogens is 588 g/mol. The summed E-state index contributed by atoms with van der Waals surface area (Å²) in [5, 5.41) is 7.75. The molecule has 1 atom stereocenters. The second kappa shape index (κ2) is 29.4. The molecule has 0 saturated carbocycles. The first kappa shape index (κ1) is 41.7. The monoisotopic (exact) mass is 642 g/mol. The third kappa shape index (κ3) is 27.9. The lowest BCUT2D eigenvalue weighted by Gasteiger charge is -2.18. The van der Waals surface area contributed by atoms with E-state index in [1.165, 1.54) is 0 Å². The van der Waals surface area contributed by atoms with E-state index in [1.807, 2.05) is 44.2 Å². The number of primary amides is 2. The lowest BCUT2D eigenvalue weighted by atomic mass is 10.0. The molecule has 258 valence electrons. The number of urea groups is 1. The molecule has 0 aliphatic rings. The molecule has 1 unspecified atom stereocenters. The smallest absolute Gasteiger partial charge is 0.312 e. The number of carbonyl (C=O) groups is 4. The second-order valence-electron chi connectivity index (χ2n) is 10.0. The van der Waals surface area contributed by atoms with Crippen molar-refractivity contribution >= 4 is 23.8 Å². The van der Waals surface area contributed by atoms with Crippen LogP contribution in [-0.2, 0) is 44.7 Å². The highest BCUT2D eigenvalue weighted by molar-refractivity contribution is 5.86. The Balaban J connectivity index is 0.000000880. The summed E-state index contributed by atoms with van der Waals surface area (Å²) < 4.78 is 26.4. The minimum absolute atomic E-state index is 0.0507. The number of benzene rings is 1. The summed E-state index contributed by atoms with van der Waals surface area (Å²) in [6.45, 7) is 8.91. The van der Waals surface area contributed by atoms with Crippen LogP contribution < -0.4 is 33.2 Å². The Morgan fingerprint density at radius 1 is 0.711 bits per heavy atom. The van der Waals surface area contributed by atoms with Crippen LogP contribution in [0.4, 0.5) is 4.79 Å². The fourth-order valence-corrected chi connectivity index (χ4v) is 3.41. The van der Waals surface area contributed by atoms with Crippen molar-refractivity contribution in [2.24, 2.45) is 23.1 Å². The van der Waals surface area contributed by atoms with Crippen LogP contribution in [0.3, 0.4) is 0 Å². The first-order valence-electron chi connectivity index (χ1n) is 15.2. The summed E-state index contributed by atoms with van der Waals surface area (Å²) in [6.07, 6.45) is 2.00. The Morgan fingerprint density at radius 3 is 1.82 bits per heavy atom. The topological polar surface area (TPSA) is 229 Å². The summed E-state index contributed by atoms with van der Waals surface area (Å²) in [5.41, 5.74) is 16.5. The highest BCUT2D eigenvalue weighted by atomic mass is 16.6. The Bertz CT molecular complexity index is 909. The van der Waals surface area contributed by atoms with Crippen molar-refractivity contribution in [2.75, 3.05) is 72.7 Å². The first-order valence-corrected chi connectivity index (χ1v) is 15.2. The predicted molar refractivity (Wildman–Crippen MR) is 169 cm³/mol. The van der Waals surface area contributed by atoms with Crippen molar-refractivity contribution in [3.8, 4) is 0 Å². The number of hydrogen-bond acceptors (Lipinski definition) is 10. The zero-order valence-corrected chi connectivity index (χ0v) is 26.8. The lowest BCUT2D eigenvalue weighted by molar-refractivity contribution is -0.129. The van der Waals surface area contributed by atoms with Gasteiger partial charge in [0.05, 0.1) is 59.5 Å². The van der Waals surface area contributed by atoms with Crippen LogP contribution in [0.15, 0.2) is 30.3 Å². The van der Waals surface area contributed by atoms with E-state index in [1.54, 1.807) is 0 Å². The van der Waals surface area contributed by atoms with Crippen molar-refractivity contribution < 1.29 is 42.9 Å². The van der Waals surface area contributed by atoms with Crippen molar-refractivity contribution in [3.63, 3.8) is 0 Å². The fourth-order valence-electron chi connectivity index (χ4n) is 3.41. The van der Waals surface area contributed by atoms with Crippen molar-refractivity contribution in [1.29, 1.82) is 0 Å². The summed E-state index contributed by atoms with van der Waals surface area (Å²) >= 11 is 0. The van der Waals surface area contributed by atoms with E-state index in [2.05, 4.69) is 16.0 Å². The summed E-state index contributed by atoms with van der Waals surface area (Å²) in [4.78, 5) is 44.8. The minimum atomic E-state index is -0.656. The zero-order chi connectivity index (χ0) is 33.5. The van der Waals surface area contributed by atoms with Crippen LogP contribution >= 0.6 is 0 Å². The van der Waals surface area contributed by atoms with Crippen molar-refractivity contribution in [2.45, 2.75) is 52.2 Å². The number of nitrogens with one attached hydrogen (secondary N) is 3. The van der Waals surface area contributed by atoms with Crippen LogP contribution in [0.2, 0.25) is 0 Å². The molecule has 1 aromatic rings. The maximum atomic E-state index is 11.7. The maximum absolute atomic E-state index is 11.7. The zero-order valence-electron chi connectivity index (χ0n) is 26.8. The van der Waals surface area contributed by atoms with E-state index in [0.29, 0.717) is 78.8 Å². The Labute approximate surface area is 266 Å². The predicted octanol–water partition coefficient (Wildman–Crippen LogP) is 0.143. The third-order valence-electron chi connectivity index (χ3n) is 5.75. The highest BCUT2D eigenvalue weighted by Crippen LogP contribution is 2.01. The van der Waals surface area contributed by atoms with Gasteiger partial charge in [-0.25, -0.2) is 4.79 Å². The van der Waals surface area contributed by atoms with Gasteiger partial charge in [0, 0.05) is 25.9 Å². The number of carbonyl (C=O) groups excluding carboxylic acids is 4. The summed E-state index contributed by atoms with van der Waals surface area (Å²) in [6, 6.07) is 8.56. The molecule has 5 amide bonds. The molecule has 0 saturated heterocycles. The number of ether oxygens (including phenoxy) is 5. The van der Waals surface area contributed by atoms with Gasteiger partial charge < -0.3 is 56.8 Å². The van der Waals surface area contributed by atoms with Gasteiger partial charge in [-0.2, -0.15) is 0 Å². The molecule has 0 heterocycles. The molecule has 0 aliphatic heterocycles. The molecule has 0 bridgehead atoms. The van der Waals surface area contributed by atoms with Gasteiger partial charge in [-0.15, -0.1) is 0 Å². The molecule has 1 aromatic carbocycles. The second-order valence-corrected chi connectivity index (χ2v) is 10.0. The van der Waals surface area contributed by atoms with E-state index in [4.69, 9.17) is 40.9 Å². The molecule has 0 spiro atoms. The normalized spacial score (nSPS) is 11.3. The summed E-state index contributed by atoms with van der Waals surface area (Å²) in [5.74, 6) is -0.906. The number of unbranched alkanes of at least 4 members (excludes halogenated alkanes) is 1. The van der Waals surface area contributed by atoms with Crippen LogP contribution in [0.5, 0.6) is 0 Å². The van der Waals surface area contributed by atoms with Crippen LogP contribution in [0.1, 0.15) is 45.1 Å². The molecule has 0 aromatic heterocycles. The van der Waals surface area contributed by atoms with Crippen molar-refractivity contribution in [1.82, 2.24) is 16.0 Å². The third-order valence-corrected chi connectivity index (χ3v) is 5.75. The molecule has 0 fully saturated rings. The Hall–Kier alpha value is -3.34. The van der Waals surface area contributed by atoms with Gasteiger partial charge in [-0.1, -0.05) is 44.2 Å². The van der Waals surface area contributed by atoms with Crippen LogP contribution in [-0.4, -0.2) is 102 Å². The molecule has 9 N–H and O–H groups in total. The molecule has 1 rings (SSSR count). The molecule has 0 aliphatic carbocycles. The SMILES string of the molecule is CC(C)C(NC(=O)CCOCCOCCOCCOCCN)C(N)=O.NC(=O)NCCCCC(=O)NCOCc1ccccc1. The van der Waals surface area contributed by atoms with Gasteiger partial charge >= 0.3 is 6.03 Å². The Morgan fingerprint density at radius 2 is 1.29 bits per heavy atom. The quantitative estimate of drug-likeness (QED) is 0.0591. The van der Waals surface area contributed by atoms with Crippen LogP contribution in [0, 0.1) is 5.92 Å². The van der Waals surface area contributed by atoms with Gasteiger partial charge in [0.1, 0.15) is 12.8 Å². The average Bonchev–Trinajstić information content (AvgIpc) is 3.00. The van der Waals surface area contributed by atoms with Crippen LogP contribution in [0.25, 0.3) is 0 Å². The van der Waals surface area contributed by atoms with Crippen molar-refractivity contribution in [3.05, 3.63) is 35.9 Å². The highest BCUT2D eigenvalue weighted by Gasteiger charge is 2.21. The van der Waals surface area contributed by atoms with E-state index in [9.17, 15) is 19.2 Å². The Kier molecular flexibility index (Phi) is 27.2. The molecular formula is C30H54N6O9. The largest absolute Gasteiger partial charge is 0.379 e. The number of nitrogens with two attached hydrogens (primary N) is 3. The van der Waals surface area contributed by atoms with Gasteiger partial charge in [-0.05, 0) is 24.3 Å². The molecule has 15 heteroatoms. The van der Waals surface area contributed by atoms with E-state index >= 15 is 0 Å². The van der Waals surface area contributed by atoms with Gasteiger partial charge in [0.2, 0.25) is 17.7 Å². The minimum Gasteiger partial charge on any atom is -0.379 e. The van der Waals surface area contributed by atoms with E-state index in [-0.39, 0.29) is 37.5 Å². The molecule has 15 nitrogen and oxygen atoms in total. The number of amides is 5. The van der Waals surface area contributed by atoms with Gasteiger partial charge in [0.15, 0.2) is 0 Å².